The summed E-state index contributed by atoms with van der Waals surface area (Å²) in [6.45, 7) is 4.39. The molecule has 0 spiro atoms. The first kappa shape index (κ1) is 12.8. The Morgan fingerprint density at radius 2 is 1.67 bits per heavy atom. The summed E-state index contributed by atoms with van der Waals surface area (Å²) >= 11 is 0. The van der Waals surface area contributed by atoms with Crippen molar-refractivity contribution in [2.45, 2.75) is 31.6 Å². The fourth-order valence-corrected chi connectivity index (χ4v) is 4.78. The molecule has 0 aromatic heterocycles. The zero-order chi connectivity index (χ0) is 14.6. The number of hydrogen-bond acceptors (Lipinski definition) is 1. The van der Waals surface area contributed by atoms with Gasteiger partial charge in [0.05, 0.1) is 5.41 Å². The first-order valence-electron chi connectivity index (χ1n) is 7.85. The van der Waals surface area contributed by atoms with Gasteiger partial charge in [-0.2, -0.15) is 0 Å². The molecule has 1 fully saturated rings. The lowest BCUT2D eigenvalue weighted by atomic mass is 9.46. The van der Waals surface area contributed by atoms with Crippen molar-refractivity contribution in [3.63, 3.8) is 0 Å². The number of Topliss-reactive ketones (excluding diaryl/α,β-unsaturated/α-hetero) is 1. The molecule has 0 unspecified atom stereocenters. The Kier molecular flexibility index (Phi) is 2.63. The third kappa shape index (κ3) is 1.44. The maximum absolute atomic E-state index is 13.1. The molecule has 0 radical (unpaired) electrons. The second kappa shape index (κ2) is 4.30. The van der Waals surface area contributed by atoms with Crippen LogP contribution in [0.4, 0.5) is 0 Å². The van der Waals surface area contributed by atoms with Crippen molar-refractivity contribution in [2.75, 3.05) is 0 Å². The molecule has 0 aliphatic heterocycles. The van der Waals surface area contributed by atoms with Crippen molar-refractivity contribution < 1.29 is 4.79 Å². The SMILES string of the molecule is CC(C)[C@]1(c2ccccc2)C(=O)[C@@H]2Cc3ccccc3[C@@H]21. The molecule has 1 saturated carbocycles. The van der Waals surface area contributed by atoms with E-state index in [1.54, 1.807) is 0 Å². The van der Waals surface area contributed by atoms with Crippen LogP contribution < -0.4 is 0 Å². The summed E-state index contributed by atoms with van der Waals surface area (Å²) in [4.78, 5) is 13.1. The average Bonchev–Trinajstić information content (AvgIpc) is 2.85. The lowest BCUT2D eigenvalue weighted by Crippen LogP contribution is -2.60. The third-order valence-electron chi connectivity index (χ3n) is 5.63. The van der Waals surface area contributed by atoms with Gasteiger partial charge in [-0.15, -0.1) is 0 Å². The van der Waals surface area contributed by atoms with Crippen LogP contribution in [-0.4, -0.2) is 5.78 Å². The largest absolute Gasteiger partial charge is 0.298 e. The minimum atomic E-state index is -0.321. The van der Waals surface area contributed by atoms with E-state index >= 15 is 0 Å². The number of hydrogen-bond donors (Lipinski definition) is 0. The second-order valence-corrected chi connectivity index (χ2v) is 6.74. The predicted molar refractivity (Wildman–Crippen MR) is 84.3 cm³/mol. The highest BCUT2D eigenvalue weighted by molar-refractivity contribution is 6.02. The molecule has 2 aromatic carbocycles. The molecule has 2 aliphatic carbocycles. The van der Waals surface area contributed by atoms with Gasteiger partial charge >= 0.3 is 0 Å². The van der Waals surface area contributed by atoms with Gasteiger partial charge in [0.1, 0.15) is 5.78 Å². The monoisotopic (exact) mass is 276 g/mol. The Balaban J connectivity index is 1.92. The van der Waals surface area contributed by atoms with Gasteiger partial charge in [-0.3, -0.25) is 4.79 Å². The summed E-state index contributed by atoms with van der Waals surface area (Å²) in [5.74, 6) is 1.33. The quantitative estimate of drug-likeness (QED) is 0.806. The summed E-state index contributed by atoms with van der Waals surface area (Å²) in [5.41, 5.74) is 3.65. The first-order valence-corrected chi connectivity index (χ1v) is 7.85. The van der Waals surface area contributed by atoms with Crippen molar-refractivity contribution in [3.05, 3.63) is 71.3 Å². The van der Waals surface area contributed by atoms with Gasteiger partial charge < -0.3 is 0 Å². The molecule has 0 bridgehead atoms. The summed E-state index contributed by atoms with van der Waals surface area (Å²) in [6.07, 6.45) is 0.932. The molecule has 1 nitrogen and oxygen atoms in total. The smallest absolute Gasteiger partial charge is 0.148 e. The lowest BCUT2D eigenvalue weighted by molar-refractivity contribution is -0.144. The molecule has 0 N–H and O–H groups in total. The van der Waals surface area contributed by atoms with Crippen molar-refractivity contribution in [1.82, 2.24) is 0 Å². The fraction of sp³-hybridized carbons (Fsp3) is 0.350. The van der Waals surface area contributed by atoms with Gasteiger partial charge in [0.25, 0.3) is 0 Å². The number of carbonyl (C=O) groups excluding carboxylic acids is 1. The minimum absolute atomic E-state index is 0.199. The molecule has 2 aliphatic rings. The number of fused-ring (bicyclic) bond motifs is 3. The summed E-state index contributed by atoms with van der Waals surface area (Å²) in [6, 6.07) is 19.0. The Labute approximate surface area is 126 Å². The van der Waals surface area contributed by atoms with Gasteiger partial charge in [0.15, 0.2) is 0 Å². The van der Waals surface area contributed by atoms with E-state index < -0.39 is 0 Å². The van der Waals surface area contributed by atoms with E-state index in [9.17, 15) is 4.79 Å². The number of rotatable bonds is 2. The topological polar surface area (TPSA) is 17.1 Å². The zero-order valence-corrected chi connectivity index (χ0v) is 12.5. The molecular formula is C20H20O. The van der Waals surface area contributed by atoms with Crippen LogP contribution in [0.2, 0.25) is 0 Å². The van der Waals surface area contributed by atoms with E-state index in [1.165, 1.54) is 16.7 Å². The highest BCUT2D eigenvalue weighted by Gasteiger charge is 2.66. The van der Waals surface area contributed by atoms with Gasteiger partial charge in [0, 0.05) is 11.8 Å². The van der Waals surface area contributed by atoms with Crippen LogP contribution in [0.15, 0.2) is 54.6 Å². The molecule has 0 heterocycles. The summed E-state index contributed by atoms with van der Waals surface area (Å²) in [5, 5.41) is 0. The zero-order valence-electron chi connectivity index (χ0n) is 12.5. The van der Waals surface area contributed by atoms with Crippen molar-refractivity contribution in [2.24, 2.45) is 11.8 Å². The maximum atomic E-state index is 13.1. The molecule has 21 heavy (non-hydrogen) atoms. The fourth-order valence-electron chi connectivity index (χ4n) is 4.78. The first-order chi connectivity index (χ1) is 10.2. The molecule has 1 heteroatoms. The highest BCUT2D eigenvalue weighted by Crippen LogP contribution is 2.63. The van der Waals surface area contributed by atoms with Crippen LogP contribution in [0.3, 0.4) is 0 Å². The summed E-state index contributed by atoms with van der Waals surface area (Å²) in [7, 11) is 0. The van der Waals surface area contributed by atoms with Gasteiger partial charge in [-0.05, 0) is 29.0 Å². The van der Waals surface area contributed by atoms with Crippen LogP contribution in [-0.2, 0) is 16.6 Å². The number of carbonyl (C=O) groups is 1. The Morgan fingerprint density at radius 3 is 2.38 bits per heavy atom. The van der Waals surface area contributed by atoms with Gasteiger partial charge in [-0.1, -0.05) is 68.4 Å². The molecular weight excluding hydrogens is 256 g/mol. The summed E-state index contributed by atoms with van der Waals surface area (Å²) < 4.78 is 0. The number of benzene rings is 2. The Bertz CT molecular complexity index is 701. The van der Waals surface area contributed by atoms with Crippen LogP contribution in [0, 0.1) is 11.8 Å². The molecule has 0 saturated heterocycles. The average molecular weight is 276 g/mol. The van der Waals surface area contributed by atoms with Gasteiger partial charge in [-0.25, -0.2) is 0 Å². The lowest BCUT2D eigenvalue weighted by Gasteiger charge is -2.54. The minimum Gasteiger partial charge on any atom is -0.298 e. The van der Waals surface area contributed by atoms with Crippen LogP contribution in [0.5, 0.6) is 0 Å². The van der Waals surface area contributed by atoms with Crippen molar-refractivity contribution in [3.8, 4) is 0 Å². The third-order valence-corrected chi connectivity index (χ3v) is 5.63. The van der Waals surface area contributed by atoms with Crippen LogP contribution in [0.1, 0.15) is 36.5 Å². The van der Waals surface area contributed by atoms with E-state index in [0.717, 1.165) is 6.42 Å². The normalized spacial score (nSPS) is 30.0. The molecule has 2 aromatic rings. The van der Waals surface area contributed by atoms with E-state index in [-0.39, 0.29) is 11.3 Å². The van der Waals surface area contributed by atoms with Gasteiger partial charge in [0.2, 0.25) is 0 Å². The van der Waals surface area contributed by atoms with Crippen molar-refractivity contribution >= 4 is 5.78 Å². The van der Waals surface area contributed by atoms with E-state index in [0.29, 0.717) is 17.6 Å². The van der Waals surface area contributed by atoms with E-state index in [1.807, 2.05) is 6.07 Å². The molecule has 106 valence electrons. The van der Waals surface area contributed by atoms with E-state index in [4.69, 9.17) is 0 Å². The maximum Gasteiger partial charge on any atom is 0.148 e. The second-order valence-electron chi connectivity index (χ2n) is 6.74. The van der Waals surface area contributed by atoms with Crippen LogP contribution in [0.25, 0.3) is 0 Å². The molecule has 0 amide bonds. The number of ketones is 1. The Morgan fingerprint density at radius 1 is 1.00 bits per heavy atom. The van der Waals surface area contributed by atoms with E-state index in [2.05, 4.69) is 62.4 Å². The molecule has 4 rings (SSSR count). The predicted octanol–water partition coefficient (Wildman–Crippen LogP) is 4.12. The van der Waals surface area contributed by atoms with Crippen LogP contribution >= 0.6 is 0 Å². The standard InChI is InChI=1S/C20H20O/c1-13(2)20(15-9-4-3-5-10-15)18-16-11-7-6-8-14(16)12-17(18)19(20)21/h3-11,13,17-18H,12H2,1-2H3/t17-,18+,20-/m1/s1. The highest BCUT2D eigenvalue weighted by atomic mass is 16.1. The Hall–Kier alpha value is -1.89. The van der Waals surface area contributed by atoms with Crippen molar-refractivity contribution in [1.29, 1.82) is 0 Å². The molecule has 3 atom stereocenters.